The van der Waals surface area contributed by atoms with Gasteiger partial charge in [-0.15, -0.1) is 0 Å². The van der Waals surface area contributed by atoms with Gasteiger partial charge >= 0.3 is 0 Å². The number of nitrogens with one attached hydrogen (secondary N) is 1. The van der Waals surface area contributed by atoms with Crippen molar-refractivity contribution in [3.8, 4) is 12.1 Å². The molecule has 0 amide bonds. The Labute approximate surface area is 93.4 Å². The molecule has 0 saturated carbocycles. The number of rotatable bonds is 1. The smallest absolute Gasteiger partial charge is 0.217 e. The Morgan fingerprint density at radius 3 is 2.56 bits per heavy atom. The number of ether oxygens (including phenoxy) is 1. The van der Waals surface area contributed by atoms with Crippen LogP contribution >= 0.6 is 0 Å². The van der Waals surface area contributed by atoms with E-state index in [9.17, 15) is 0 Å². The lowest BCUT2D eigenvalue weighted by Gasteiger charge is -2.08. The van der Waals surface area contributed by atoms with Crippen LogP contribution < -0.4 is 5.32 Å². The zero-order chi connectivity index (χ0) is 11.4. The van der Waals surface area contributed by atoms with Gasteiger partial charge in [0.2, 0.25) is 5.88 Å². The first kappa shape index (κ1) is 10.1. The fraction of sp³-hybridized carbons (Fsp3) is 0.167. The maximum Gasteiger partial charge on any atom is 0.217 e. The van der Waals surface area contributed by atoms with E-state index in [4.69, 9.17) is 15.3 Å². The van der Waals surface area contributed by atoms with Gasteiger partial charge in [-0.1, -0.05) is 30.3 Å². The quantitative estimate of drug-likeness (QED) is 0.716. The number of benzene rings is 1. The highest BCUT2D eigenvalue weighted by atomic mass is 16.5. The molecule has 0 unspecified atom stereocenters. The van der Waals surface area contributed by atoms with E-state index in [0.29, 0.717) is 6.54 Å². The van der Waals surface area contributed by atoms with Crippen molar-refractivity contribution in [3.05, 3.63) is 47.4 Å². The van der Waals surface area contributed by atoms with Crippen LogP contribution in [0.4, 0.5) is 0 Å². The summed E-state index contributed by atoms with van der Waals surface area (Å²) in [5, 5.41) is 20.3. The number of nitriles is 2. The van der Waals surface area contributed by atoms with E-state index < -0.39 is 0 Å². The van der Waals surface area contributed by atoms with Crippen LogP contribution in [0.15, 0.2) is 41.8 Å². The maximum atomic E-state index is 8.69. The summed E-state index contributed by atoms with van der Waals surface area (Å²) < 4.78 is 5.51. The first-order chi connectivity index (χ1) is 7.85. The highest BCUT2D eigenvalue weighted by Gasteiger charge is 2.24. The Kier molecular flexibility index (Phi) is 2.75. The predicted octanol–water partition coefficient (Wildman–Crippen LogP) is 1.61. The second-order valence-corrected chi connectivity index (χ2v) is 3.33. The van der Waals surface area contributed by atoms with Crippen LogP contribution in [0.1, 0.15) is 11.7 Å². The summed E-state index contributed by atoms with van der Waals surface area (Å²) in [6, 6.07) is 13.3. The molecular formula is C12H9N3O. The minimum absolute atomic E-state index is 0.0153. The van der Waals surface area contributed by atoms with Crippen molar-refractivity contribution in [3.63, 3.8) is 0 Å². The van der Waals surface area contributed by atoms with Crippen LogP contribution in [0.25, 0.3) is 0 Å². The number of hydrogen-bond donors (Lipinski definition) is 1. The monoisotopic (exact) mass is 211 g/mol. The summed E-state index contributed by atoms with van der Waals surface area (Å²) in [5.41, 5.74) is 1.01. The summed E-state index contributed by atoms with van der Waals surface area (Å²) in [6.45, 7) is 0.576. The van der Waals surface area contributed by atoms with Gasteiger partial charge in [0, 0.05) is 0 Å². The topological polar surface area (TPSA) is 68.8 Å². The van der Waals surface area contributed by atoms with Crippen LogP contribution in [-0.2, 0) is 4.74 Å². The lowest BCUT2D eigenvalue weighted by molar-refractivity contribution is 0.169. The number of hydrogen-bond acceptors (Lipinski definition) is 4. The van der Waals surface area contributed by atoms with Gasteiger partial charge in [-0.25, -0.2) is 0 Å². The molecule has 2 rings (SSSR count). The van der Waals surface area contributed by atoms with E-state index in [1.54, 1.807) is 12.1 Å². The van der Waals surface area contributed by atoms with Crippen molar-refractivity contribution >= 4 is 0 Å². The number of nitrogens with zero attached hydrogens (tertiary/aromatic N) is 2. The second-order valence-electron chi connectivity index (χ2n) is 3.33. The zero-order valence-corrected chi connectivity index (χ0v) is 8.47. The predicted molar refractivity (Wildman–Crippen MR) is 56.5 cm³/mol. The Hall–Kier alpha value is -2.46. The molecule has 4 heteroatoms. The standard InChI is InChI=1S/C12H9N3O/c13-6-10(7-14)12-15-8-11(16-12)9-4-2-1-3-5-9/h1-5,11,15H,8H2/t11-/m1/s1. The van der Waals surface area contributed by atoms with E-state index in [1.807, 2.05) is 30.3 Å². The molecular weight excluding hydrogens is 202 g/mol. The largest absolute Gasteiger partial charge is 0.468 e. The highest BCUT2D eigenvalue weighted by molar-refractivity contribution is 5.38. The second kappa shape index (κ2) is 4.37. The Morgan fingerprint density at radius 1 is 1.25 bits per heavy atom. The van der Waals surface area contributed by atoms with Gasteiger partial charge in [-0.3, -0.25) is 0 Å². The van der Waals surface area contributed by atoms with Crippen LogP contribution in [0.5, 0.6) is 0 Å². The molecule has 1 aromatic carbocycles. The third-order valence-corrected chi connectivity index (χ3v) is 2.33. The average molecular weight is 211 g/mol. The molecule has 1 heterocycles. The Balaban J connectivity index is 2.20. The molecule has 0 aliphatic carbocycles. The number of allylic oxidation sites excluding steroid dienone is 1. The van der Waals surface area contributed by atoms with Crippen molar-refractivity contribution < 1.29 is 4.74 Å². The van der Waals surface area contributed by atoms with Gasteiger partial charge in [0.25, 0.3) is 0 Å². The van der Waals surface area contributed by atoms with Gasteiger partial charge < -0.3 is 10.1 Å². The van der Waals surface area contributed by atoms with Crippen molar-refractivity contribution in [2.45, 2.75) is 6.10 Å². The fourth-order valence-electron chi connectivity index (χ4n) is 1.54. The molecule has 4 nitrogen and oxygen atoms in total. The highest BCUT2D eigenvalue weighted by Crippen LogP contribution is 2.25. The van der Waals surface area contributed by atoms with Crippen LogP contribution in [0, 0.1) is 22.7 Å². The van der Waals surface area contributed by atoms with Gasteiger partial charge in [-0.2, -0.15) is 10.5 Å². The maximum absolute atomic E-state index is 8.69. The van der Waals surface area contributed by atoms with Crippen molar-refractivity contribution in [1.82, 2.24) is 5.32 Å². The lowest BCUT2D eigenvalue weighted by atomic mass is 10.1. The molecule has 1 fully saturated rings. The van der Waals surface area contributed by atoms with Crippen molar-refractivity contribution in [1.29, 1.82) is 10.5 Å². The van der Waals surface area contributed by atoms with Crippen molar-refractivity contribution in [2.24, 2.45) is 0 Å². The van der Waals surface area contributed by atoms with Crippen LogP contribution in [-0.4, -0.2) is 6.54 Å². The minimum Gasteiger partial charge on any atom is -0.468 e. The van der Waals surface area contributed by atoms with Gasteiger partial charge in [0.15, 0.2) is 5.57 Å². The average Bonchev–Trinajstić information content (AvgIpc) is 2.81. The molecule has 1 N–H and O–H groups in total. The SMILES string of the molecule is N#CC(C#N)=C1NC[C@H](c2ccccc2)O1. The molecule has 0 spiro atoms. The molecule has 1 saturated heterocycles. The normalized spacial score (nSPS) is 17.9. The zero-order valence-electron chi connectivity index (χ0n) is 8.47. The summed E-state index contributed by atoms with van der Waals surface area (Å²) in [4.78, 5) is 0. The van der Waals surface area contributed by atoms with E-state index in [-0.39, 0.29) is 17.6 Å². The van der Waals surface area contributed by atoms with Gasteiger partial charge in [0.05, 0.1) is 6.54 Å². The van der Waals surface area contributed by atoms with Crippen LogP contribution in [0.3, 0.4) is 0 Å². The van der Waals surface area contributed by atoms with E-state index >= 15 is 0 Å². The molecule has 0 radical (unpaired) electrons. The van der Waals surface area contributed by atoms with Crippen LogP contribution in [0.2, 0.25) is 0 Å². The fourth-order valence-corrected chi connectivity index (χ4v) is 1.54. The minimum atomic E-state index is -0.132. The van der Waals surface area contributed by atoms with Gasteiger partial charge in [0.1, 0.15) is 18.2 Å². The first-order valence-electron chi connectivity index (χ1n) is 4.85. The summed E-state index contributed by atoms with van der Waals surface area (Å²) in [5.74, 6) is 0.277. The first-order valence-corrected chi connectivity index (χ1v) is 4.85. The Bertz CT molecular complexity index is 477. The summed E-state index contributed by atoms with van der Waals surface area (Å²) in [7, 11) is 0. The van der Waals surface area contributed by atoms with E-state index in [1.165, 1.54) is 0 Å². The molecule has 0 aromatic heterocycles. The van der Waals surface area contributed by atoms with E-state index in [0.717, 1.165) is 5.56 Å². The Morgan fingerprint density at radius 2 is 1.94 bits per heavy atom. The van der Waals surface area contributed by atoms with Crippen molar-refractivity contribution in [2.75, 3.05) is 6.54 Å². The molecule has 1 aliphatic heterocycles. The molecule has 78 valence electrons. The van der Waals surface area contributed by atoms with E-state index in [2.05, 4.69) is 5.32 Å². The van der Waals surface area contributed by atoms with Gasteiger partial charge in [-0.05, 0) is 5.56 Å². The molecule has 0 bridgehead atoms. The molecule has 16 heavy (non-hydrogen) atoms. The molecule has 1 aliphatic rings. The molecule has 1 atom stereocenters. The third-order valence-electron chi connectivity index (χ3n) is 2.33. The lowest BCUT2D eigenvalue weighted by Crippen LogP contribution is -2.08. The molecule has 1 aromatic rings. The summed E-state index contributed by atoms with van der Waals surface area (Å²) >= 11 is 0. The third kappa shape index (κ3) is 1.82. The summed E-state index contributed by atoms with van der Waals surface area (Å²) in [6.07, 6.45) is -0.132.